The second kappa shape index (κ2) is 5.19. The van der Waals surface area contributed by atoms with Crippen LogP contribution in [0, 0.1) is 12.3 Å². The summed E-state index contributed by atoms with van der Waals surface area (Å²) >= 11 is 0. The monoisotopic (exact) mass is 331 g/mol. The molecule has 2 bridgehead atoms. The van der Waals surface area contributed by atoms with E-state index in [1.54, 1.807) is 0 Å². The first-order valence-electron chi connectivity index (χ1n) is 8.93. The Kier molecular flexibility index (Phi) is 3.43. The molecule has 3 aliphatic rings. The lowest BCUT2D eigenvalue weighted by molar-refractivity contribution is 0.0261. The van der Waals surface area contributed by atoms with E-state index in [1.165, 1.54) is 0 Å². The summed E-state index contributed by atoms with van der Waals surface area (Å²) in [5, 5.41) is 9.93. The highest BCUT2D eigenvalue weighted by Gasteiger charge is 2.45. The van der Waals surface area contributed by atoms with Crippen LogP contribution in [-0.4, -0.2) is 39.9 Å². The van der Waals surface area contributed by atoms with Crippen LogP contribution in [-0.2, 0) is 6.42 Å². The molecule has 2 fully saturated rings. The molecule has 0 radical (unpaired) electrons. The van der Waals surface area contributed by atoms with Gasteiger partial charge in [0.15, 0.2) is 11.5 Å². The molecule has 0 spiro atoms. The van der Waals surface area contributed by atoms with Crippen molar-refractivity contribution in [3.05, 3.63) is 22.6 Å². The molecule has 0 saturated carbocycles. The van der Waals surface area contributed by atoms with Gasteiger partial charge in [0.05, 0.1) is 11.7 Å². The van der Waals surface area contributed by atoms with Crippen LogP contribution < -0.4 is 0 Å². The number of hydrogen-bond acceptors (Lipinski definition) is 4. The third-order valence-electron chi connectivity index (χ3n) is 5.91. The standard InChI is InChI=1S/C19H25NO4/c1-10-16-14(22)8-19(2,3)9-15(16)24-17(10)18(23)20-11-4-5-12(20)7-13(21)6-11/h11-13,21H,4-9H2,1-3H3. The van der Waals surface area contributed by atoms with Crippen LogP contribution in [0.3, 0.4) is 0 Å². The third kappa shape index (κ3) is 2.32. The second-order valence-electron chi connectivity index (χ2n) is 8.52. The molecule has 2 saturated heterocycles. The van der Waals surface area contributed by atoms with Gasteiger partial charge in [0.25, 0.3) is 5.91 Å². The van der Waals surface area contributed by atoms with Crippen molar-refractivity contribution >= 4 is 11.7 Å². The van der Waals surface area contributed by atoms with Crippen LogP contribution in [0.2, 0.25) is 0 Å². The number of amides is 1. The van der Waals surface area contributed by atoms with Crippen molar-refractivity contribution < 1.29 is 19.1 Å². The van der Waals surface area contributed by atoms with Crippen LogP contribution in [0.4, 0.5) is 0 Å². The number of carbonyl (C=O) groups excluding carboxylic acids is 2. The number of ketones is 1. The minimum atomic E-state index is -0.306. The van der Waals surface area contributed by atoms with E-state index in [1.807, 2.05) is 11.8 Å². The van der Waals surface area contributed by atoms with Crippen LogP contribution in [0.5, 0.6) is 0 Å². The van der Waals surface area contributed by atoms with Gasteiger partial charge < -0.3 is 14.4 Å². The zero-order valence-electron chi connectivity index (χ0n) is 14.6. The highest BCUT2D eigenvalue weighted by molar-refractivity contribution is 6.04. The molecule has 2 atom stereocenters. The van der Waals surface area contributed by atoms with E-state index in [9.17, 15) is 14.7 Å². The number of piperidine rings is 1. The smallest absolute Gasteiger partial charge is 0.290 e. The van der Waals surface area contributed by atoms with Crippen LogP contribution in [0.1, 0.15) is 78.2 Å². The van der Waals surface area contributed by atoms with Crippen molar-refractivity contribution in [2.75, 3.05) is 0 Å². The van der Waals surface area contributed by atoms with Crippen molar-refractivity contribution in [2.24, 2.45) is 5.41 Å². The van der Waals surface area contributed by atoms with E-state index >= 15 is 0 Å². The summed E-state index contributed by atoms with van der Waals surface area (Å²) in [6.07, 6.45) is 4.06. The molecule has 1 amide bonds. The number of fused-ring (bicyclic) bond motifs is 3. The molecule has 24 heavy (non-hydrogen) atoms. The Morgan fingerprint density at radius 1 is 1.21 bits per heavy atom. The van der Waals surface area contributed by atoms with E-state index in [-0.39, 0.29) is 35.3 Å². The highest BCUT2D eigenvalue weighted by Crippen LogP contribution is 2.41. The van der Waals surface area contributed by atoms with E-state index in [2.05, 4.69) is 13.8 Å². The van der Waals surface area contributed by atoms with Gasteiger partial charge in [0.1, 0.15) is 5.76 Å². The van der Waals surface area contributed by atoms with Crippen molar-refractivity contribution in [1.29, 1.82) is 0 Å². The molecular weight excluding hydrogens is 306 g/mol. The normalized spacial score (nSPS) is 31.2. The van der Waals surface area contributed by atoms with Gasteiger partial charge in [-0.3, -0.25) is 9.59 Å². The van der Waals surface area contributed by atoms with E-state index < -0.39 is 0 Å². The summed E-state index contributed by atoms with van der Waals surface area (Å²) in [7, 11) is 0. The van der Waals surface area contributed by atoms with E-state index in [0.29, 0.717) is 48.3 Å². The van der Waals surface area contributed by atoms with Gasteiger partial charge in [0.2, 0.25) is 0 Å². The van der Waals surface area contributed by atoms with Gasteiger partial charge in [-0.1, -0.05) is 13.8 Å². The Morgan fingerprint density at radius 3 is 2.46 bits per heavy atom. The molecule has 1 aliphatic carbocycles. The summed E-state index contributed by atoms with van der Waals surface area (Å²) in [6, 6.07) is 0.194. The lowest BCUT2D eigenvalue weighted by Gasteiger charge is -2.36. The van der Waals surface area contributed by atoms with E-state index in [0.717, 1.165) is 12.8 Å². The summed E-state index contributed by atoms with van der Waals surface area (Å²) in [5.74, 6) is 0.978. The van der Waals surface area contributed by atoms with Crippen molar-refractivity contribution in [3.8, 4) is 0 Å². The summed E-state index contributed by atoms with van der Waals surface area (Å²) in [4.78, 5) is 27.5. The molecule has 2 unspecified atom stereocenters. The quantitative estimate of drug-likeness (QED) is 0.859. The van der Waals surface area contributed by atoms with Crippen LogP contribution in [0.25, 0.3) is 0 Å². The van der Waals surface area contributed by atoms with E-state index in [4.69, 9.17) is 4.42 Å². The lowest BCUT2D eigenvalue weighted by atomic mass is 9.76. The third-order valence-corrected chi connectivity index (χ3v) is 5.91. The molecular formula is C19H25NO4. The van der Waals surface area contributed by atoms with Gasteiger partial charge in [-0.05, 0) is 38.0 Å². The molecule has 5 heteroatoms. The number of hydrogen-bond donors (Lipinski definition) is 1. The molecule has 1 aromatic rings. The summed E-state index contributed by atoms with van der Waals surface area (Å²) in [6.45, 7) is 5.94. The maximum absolute atomic E-state index is 13.1. The van der Waals surface area contributed by atoms with Crippen LogP contribution >= 0.6 is 0 Å². The molecule has 3 heterocycles. The maximum atomic E-state index is 13.1. The Bertz CT molecular complexity index is 703. The number of aliphatic hydroxyl groups is 1. The number of furan rings is 1. The molecule has 4 rings (SSSR count). The fourth-order valence-electron chi connectivity index (χ4n) is 4.88. The first-order chi connectivity index (χ1) is 11.3. The average molecular weight is 331 g/mol. The number of rotatable bonds is 1. The highest BCUT2D eigenvalue weighted by atomic mass is 16.4. The molecule has 5 nitrogen and oxygen atoms in total. The minimum absolute atomic E-state index is 0.0820. The van der Waals surface area contributed by atoms with Gasteiger partial charge >= 0.3 is 0 Å². The van der Waals surface area contributed by atoms with Crippen LogP contribution in [0.15, 0.2) is 4.42 Å². The molecule has 1 aromatic heterocycles. The molecule has 0 aromatic carbocycles. The Hall–Kier alpha value is -1.62. The predicted octanol–water partition coefficient (Wildman–Crippen LogP) is 2.87. The summed E-state index contributed by atoms with van der Waals surface area (Å²) < 4.78 is 5.93. The van der Waals surface area contributed by atoms with Crippen molar-refractivity contribution in [2.45, 2.75) is 77.5 Å². The molecule has 130 valence electrons. The Labute approximate surface area is 142 Å². The molecule has 2 aliphatic heterocycles. The maximum Gasteiger partial charge on any atom is 0.290 e. The number of aliphatic hydroxyl groups excluding tert-OH is 1. The number of Topliss-reactive ketones (excluding diaryl/α,β-unsaturated/α-hetero) is 1. The molecule has 1 N–H and O–H groups in total. The van der Waals surface area contributed by atoms with Gasteiger partial charge in [0, 0.05) is 30.5 Å². The van der Waals surface area contributed by atoms with Crippen molar-refractivity contribution in [1.82, 2.24) is 4.90 Å². The average Bonchev–Trinajstić information content (AvgIpc) is 2.92. The zero-order chi connectivity index (χ0) is 17.2. The SMILES string of the molecule is Cc1c(C(=O)N2C3CCC2CC(O)C3)oc2c1C(=O)CC(C)(C)C2. The first-order valence-corrected chi connectivity index (χ1v) is 8.93. The van der Waals surface area contributed by atoms with Gasteiger partial charge in [-0.2, -0.15) is 0 Å². The fraction of sp³-hybridized carbons (Fsp3) is 0.684. The Balaban J connectivity index is 1.69. The zero-order valence-corrected chi connectivity index (χ0v) is 14.6. The predicted molar refractivity (Wildman–Crippen MR) is 88.1 cm³/mol. The number of nitrogens with zero attached hydrogens (tertiary/aromatic N) is 1. The fourth-order valence-corrected chi connectivity index (χ4v) is 4.88. The lowest BCUT2D eigenvalue weighted by Crippen LogP contribution is -2.48. The van der Waals surface area contributed by atoms with Crippen molar-refractivity contribution in [3.63, 3.8) is 0 Å². The Morgan fingerprint density at radius 2 is 1.83 bits per heavy atom. The largest absolute Gasteiger partial charge is 0.455 e. The summed E-state index contributed by atoms with van der Waals surface area (Å²) in [5.41, 5.74) is 1.20. The minimum Gasteiger partial charge on any atom is -0.455 e. The van der Waals surface area contributed by atoms with Gasteiger partial charge in [-0.15, -0.1) is 0 Å². The van der Waals surface area contributed by atoms with Gasteiger partial charge in [-0.25, -0.2) is 0 Å². The topological polar surface area (TPSA) is 70.8 Å². The number of carbonyl (C=O) groups is 2. The second-order valence-corrected chi connectivity index (χ2v) is 8.52. The first kappa shape index (κ1) is 15.9.